The summed E-state index contributed by atoms with van der Waals surface area (Å²) in [5.41, 5.74) is -0.745. The first-order chi connectivity index (χ1) is 7.29. The van der Waals surface area contributed by atoms with Crippen molar-refractivity contribution >= 4 is 79.7 Å². The first kappa shape index (κ1) is 14.2. The SMILES string of the molecule is O=C(O)c1c(O)c(C(=O)O)c(I)c(I)c1I. The summed E-state index contributed by atoms with van der Waals surface area (Å²) >= 11 is 5.38. The number of phenols is 1. The van der Waals surface area contributed by atoms with Gasteiger partial charge in [-0.2, -0.15) is 0 Å². The molecule has 0 amide bonds. The molecule has 1 rings (SSSR count). The average Bonchev–Trinajstić information content (AvgIpc) is 2.13. The molecule has 0 saturated carbocycles. The third kappa shape index (κ3) is 2.37. The number of carboxylic acids is 2. The summed E-state index contributed by atoms with van der Waals surface area (Å²) in [6, 6.07) is 0. The van der Waals surface area contributed by atoms with Crippen LogP contribution in [-0.4, -0.2) is 27.3 Å². The van der Waals surface area contributed by atoms with E-state index in [1.165, 1.54) is 0 Å². The Morgan fingerprint density at radius 2 is 1.12 bits per heavy atom. The minimum atomic E-state index is -1.35. The molecule has 5 nitrogen and oxygen atoms in total. The molecule has 0 heterocycles. The fourth-order valence-corrected chi connectivity index (χ4v) is 3.61. The maximum absolute atomic E-state index is 10.9. The number of benzene rings is 1. The van der Waals surface area contributed by atoms with E-state index < -0.39 is 17.7 Å². The quantitative estimate of drug-likeness (QED) is 0.383. The van der Waals surface area contributed by atoms with Crippen LogP contribution in [-0.2, 0) is 0 Å². The van der Waals surface area contributed by atoms with Crippen molar-refractivity contribution in [1.29, 1.82) is 0 Å². The van der Waals surface area contributed by atoms with Crippen molar-refractivity contribution in [2.24, 2.45) is 0 Å². The van der Waals surface area contributed by atoms with Crippen molar-refractivity contribution in [1.82, 2.24) is 0 Å². The zero-order valence-electron chi connectivity index (χ0n) is 7.29. The molecule has 0 radical (unpaired) electrons. The predicted octanol–water partition coefficient (Wildman–Crippen LogP) is 2.60. The van der Waals surface area contributed by atoms with Crippen molar-refractivity contribution in [2.45, 2.75) is 0 Å². The van der Waals surface area contributed by atoms with E-state index in [0.29, 0.717) is 10.7 Å². The van der Waals surface area contributed by atoms with E-state index in [0.717, 1.165) is 0 Å². The molecule has 0 saturated heterocycles. The third-order valence-electron chi connectivity index (χ3n) is 1.73. The molecule has 86 valence electrons. The number of aromatic hydroxyl groups is 1. The molecule has 0 aromatic heterocycles. The standard InChI is InChI=1S/C8H3I3O5/c9-3-1(7(13)14)6(12)2(8(15)16)4(10)5(3)11/h12H,(H,13,14)(H,15,16). The van der Waals surface area contributed by atoms with Crippen LogP contribution < -0.4 is 0 Å². The van der Waals surface area contributed by atoms with Crippen molar-refractivity contribution in [3.8, 4) is 5.75 Å². The Kier molecular flexibility index (Phi) is 4.62. The van der Waals surface area contributed by atoms with E-state index in [2.05, 4.69) is 0 Å². The van der Waals surface area contributed by atoms with Gasteiger partial charge >= 0.3 is 11.9 Å². The highest BCUT2D eigenvalue weighted by Crippen LogP contribution is 2.35. The van der Waals surface area contributed by atoms with E-state index in [-0.39, 0.29) is 11.1 Å². The first-order valence-corrected chi connectivity index (χ1v) is 6.88. The highest BCUT2D eigenvalue weighted by atomic mass is 127. The first-order valence-electron chi connectivity index (χ1n) is 3.65. The smallest absolute Gasteiger partial charge is 0.340 e. The number of rotatable bonds is 2. The molecule has 0 aliphatic heterocycles. The molecular weight excluding hydrogens is 557 g/mol. The fraction of sp³-hybridized carbons (Fsp3) is 0. The van der Waals surface area contributed by atoms with Crippen LogP contribution >= 0.6 is 67.8 Å². The lowest BCUT2D eigenvalue weighted by atomic mass is 10.1. The minimum absolute atomic E-state index is 0.331. The second-order valence-electron chi connectivity index (χ2n) is 2.65. The minimum Gasteiger partial charge on any atom is -0.506 e. The van der Waals surface area contributed by atoms with Crippen molar-refractivity contribution in [3.63, 3.8) is 0 Å². The lowest BCUT2D eigenvalue weighted by Crippen LogP contribution is -2.10. The van der Waals surface area contributed by atoms with Gasteiger partial charge in [-0.05, 0) is 67.8 Å². The second kappa shape index (κ2) is 5.20. The van der Waals surface area contributed by atoms with Crippen LogP contribution in [0.2, 0.25) is 0 Å². The van der Waals surface area contributed by atoms with Gasteiger partial charge in [-0.25, -0.2) is 9.59 Å². The van der Waals surface area contributed by atoms with Gasteiger partial charge < -0.3 is 15.3 Å². The van der Waals surface area contributed by atoms with Crippen LogP contribution in [0.25, 0.3) is 0 Å². The summed E-state index contributed by atoms with van der Waals surface area (Å²) in [5.74, 6) is -3.40. The Hall–Kier alpha value is 0.150. The maximum atomic E-state index is 10.9. The van der Waals surface area contributed by atoms with Gasteiger partial charge in [-0.15, -0.1) is 0 Å². The Labute approximate surface area is 131 Å². The van der Waals surface area contributed by atoms with E-state index >= 15 is 0 Å². The molecule has 0 aliphatic rings. The van der Waals surface area contributed by atoms with Gasteiger partial charge in [-0.3, -0.25) is 0 Å². The number of carbonyl (C=O) groups is 2. The van der Waals surface area contributed by atoms with Gasteiger partial charge in [0.1, 0.15) is 16.9 Å². The molecule has 1 aromatic carbocycles. The molecule has 3 N–H and O–H groups in total. The van der Waals surface area contributed by atoms with E-state index in [4.69, 9.17) is 10.2 Å². The highest BCUT2D eigenvalue weighted by Gasteiger charge is 2.27. The normalized spacial score (nSPS) is 10.2. The van der Waals surface area contributed by atoms with E-state index in [1.807, 2.05) is 22.6 Å². The van der Waals surface area contributed by atoms with Gasteiger partial charge in [0.15, 0.2) is 0 Å². The Morgan fingerprint density at radius 1 is 0.812 bits per heavy atom. The molecule has 0 fully saturated rings. The monoisotopic (exact) mass is 560 g/mol. The third-order valence-corrected chi connectivity index (χ3v) is 7.03. The largest absolute Gasteiger partial charge is 0.506 e. The lowest BCUT2D eigenvalue weighted by molar-refractivity contribution is 0.0689. The zero-order valence-corrected chi connectivity index (χ0v) is 13.8. The van der Waals surface area contributed by atoms with Gasteiger partial charge in [0.05, 0.1) is 0 Å². The van der Waals surface area contributed by atoms with Gasteiger partial charge in [-0.1, -0.05) is 0 Å². The van der Waals surface area contributed by atoms with Crippen LogP contribution in [0.4, 0.5) is 0 Å². The summed E-state index contributed by atoms with van der Waals surface area (Å²) < 4.78 is 1.17. The molecule has 0 spiro atoms. The summed E-state index contributed by atoms with van der Waals surface area (Å²) in [5, 5.41) is 27.5. The molecular formula is C8H3I3O5. The predicted molar refractivity (Wildman–Crippen MR) is 80.2 cm³/mol. The molecule has 0 aliphatic carbocycles. The molecule has 8 heteroatoms. The molecule has 0 bridgehead atoms. The van der Waals surface area contributed by atoms with Gasteiger partial charge in [0.25, 0.3) is 0 Å². The molecule has 16 heavy (non-hydrogen) atoms. The van der Waals surface area contributed by atoms with Crippen LogP contribution in [0.15, 0.2) is 0 Å². The number of aromatic carboxylic acids is 2. The van der Waals surface area contributed by atoms with Crippen molar-refractivity contribution in [3.05, 3.63) is 21.8 Å². The van der Waals surface area contributed by atoms with Gasteiger partial charge in [0.2, 0.25) is 0 Å². The number of halogens is 3. The fourth-order valence-electron chi connectivity index (χ4n) is 1.04. The van der Waals surface area contributed by atoms with Crippen LogP contribution in [0.5, 0.6) is 5.75 Å². The van der Waals surface area contributed by atoms with Crippen LogP contribution in [0, 0.1) is 10.7 Å². The van der Waals surface area contributed by atoms with Crippen LogP contribution in [0.1, 0.15) is 20.7 Å². The molecule has 1 aromatic rings. The lowest BCUT2D eigenvalue weighted by Gasteiger charge is -2.11. The summed E-state index contributed by atoms with van der Waals surface area (Å²) in [6.45, 7) is 0. The van der Waals surface area contributed by atoms with Crippen molar-refractivity contribution in [2.75, 3.05) is 0 Å². The average molecular weight is 560 g/mol. The number of hydrogen-bond acceptors (Lipinski definition) is 3. The Morgan fingerprint density at radius 3 is 1.38 bits per heavy atom. The highest BCUT2D eigenvalue weighted by molar-refractivity contribution is 14.1. The number of carboxylic acid groups (broad SMARTS) is 2. The Balaban J connectivity index is 3.80. The maximum Gasteiger partial charge on any atom is 0.340 e. The zero-order chi connectivity index (χ0) is 12.6. The number of hydrogen-bond donors (Lipinski definition) is 3. The summed E-state index contributed by atoms with van der Waals surface area (Å²) in [4.78, 5) is 21.8. The van der Waals surface area contributed by atoms with Crippen molar-refractivity contribution < 1.29 is 24.9 Å². The Bertz CT molecular complexity index is 456. The van der Waals surface area contributed by atoms with Gasteiger partial charge in [0, 0.05) is 10.7 Å². The van der Waals surface area contributed by atoms with E-state index in [1.54, 1.807) is 45.2 Å². The summed E-state index contributed by atoms with van der Waals surface area (Å²) in [6.07, 6.45) is 0. The summed E-state index contributed by atoms with van der Waals surface area (Å²) in [7, 11) is 0. The second-order valence-corrected chi connectivity index (χ2v) is 5.89. The topological polar surface area (TPSA) is 94.8 Å². The van der Waals surface area contributed by atoms with E-state index in [9.17, 15) is 14.7 Å². The van der Waals surface area contributed by atoms with Crippen LogP contribution in [0.3, 0.4) is 0 Å². The molecule has 0 unspecified atom stereocenters. The molecule has 0 atom stereocenters.